The van der Waals surface area contributed by atoms with Crippen molar-refractivity contribution in [2.75, 3.05) is 18.6 Å². The Bertz CT molecular complexity index is 472. The molecular formula is C12H22N2O6S. The topological polar surface area (TPSA) is 122 Å². The molecule has 0 bridgehead atoms. The highest BCUT2D eigenvalue weighted by atomic mass is 32.2. The van der Waals surface area contributed by atoms with E-state index in [1.807, 2.05) is 6.92 Å². The summed E-state index contributed by atoms with van der Waals surface area (Å²) in [5, 5.41) is 13.9. The van der Waals surface area contributed by atoms with Crippen molar-refractivity contribution < 1.29 is 27.9 Å². The van der Waals surface area contributed by atoms with Gasteiger partial charge < -0.3 is 20.5 Å². The molecule has 1 fully saturated rings. The molecule has 2 amide bonds. The summed E-state index contributed by atoms with van der Waals surface area (Å²) in [6, 6.07) is -1.86. The van der Waals surface area contributed by atoms with Gasteiger partial charge in [-0.15, -0.1) is 0 Å². The minimum absolute atomic E-state index is 0.0362. The summed E-state index contributed by atoms with van der Waals surface area (Å²) >= 11 is 0. The van der Waals surface area contributed by atoms with Crippen LogP contribution in [0.2, 0.25) is 0 Å². The smallest absolute Gasteiger partial charge is 0.326 e. The van der Waals surface area contributed by atoms with Crippen LogP contribution in [0, 0.1) is 0 Å². The van der Waals surface area contributed by atoms with Gasteiger partial charge in [-0.05, 0) is 26.2 Å². The number of aliphatic carboxylic acids is 1. The van der Waals surface area contributed by atoms with Crippen LogP contribution in [0.4, 0.5) is 4.79 Å². The number of nitrogens with one attached hydrogen (secondary N) is 2. The van der Waals surface area contributed by atoms with Crippen molar-refractivity contribution in [3.05, 3.63) is 0 Å². The van der Waals surface area contributed by atoms with Crippen molar-refractivity contribution in [1.82, 2.24) is 10.6 Å². The number of rotatable bonds is 8. The third-order valence-electron chi connectivity index (χ3n) is 3.21. The van der Waals surface area contributed by atoms with E-state index in [4.69, 9.17) is 9.84 Å². The number of carbonyl (C=O) groups excluding carboxylic acids is 1. The summed E-state index contributed by atoms with van der Waals surface area (Å²) in [7, 11) is -3.27. The molecule has 0 aromatic heterocycles. The average Bonchev–Trinajstić information content (AvgIpc) is 2.30. The molecule has 21 heavy (non-hydrogen) atoms. The molecule has 0 aromatic carbocycles. The standard InChI is InChI=1S/C12H22N2O6S/c1-3-20-9-6-8(7-9)13-12(17)14-10(11(15)16)4-5-21(2,18)19/h8-10H,3-7H2,1-2H3,(H,15,16)(H2,13,14,17). The van der Waals surface area contributed by atoms with Gasteiger partial charge in [-0.2, -0.15) is 0 Å². The van der Waals surface area contributed by atoms with E-state index >= 15 is 0 Å². The Morgan fingerprint density at radius 1 is 1.38 bits per heavy atom. The van der Waals surface area contributed by atoms with Crippen molar-refractivity contribution in [3.8, 4) is 0 Å². The number of carbonyl (C=O) groups is 2. The predicted molar refractivity (Wildman–Crippen MR) is 75.9 cm³/mol. The third kappa shape index (κ3) is 6.76. The van der Waals surface area contributed by atoms with Crippen LogP contribution in [-0.4, -0.2) is 62.3 Å². The molecule has 0 saturated heterocycles. The first-order chi connectivity index (χ1) is 9.71. The van der Waals surface area contributed by atoms with E-state index in [1.165, 1.54) is 0 Å². The van der Waals surface area contributed by atoms with Gasteiger partial charge >= 0.3 is 12.0 Å². The molecule has 0 radical (unpaired) electrons. The fourth-order valence-electron chi connectivity index (χ4n) is 2.03. The van der Waals surface area contributed by atoms with Crippen molar-refractivity contribution in [2.45, 2.75) is 44.4 Å². The zero-order valence-corrected chi connectivity index (χ0v) is 13.0. The molecule has 8 nitrogen and oxygen atoms in total. The number of amides is 2. The van der Waals surface area contributed by atoms with Crippen molar-refractivity contribution in [3.63, 3.8) is 0 Å². The molecule has 9 heteroatoms. The van der Waals surface area contributed by atoms with Crippen LogP contribution < -0.4 is 10.6 Å². The quantitative estimate of drug-likeness (QED) is 0.566. The first kappa shape index (κ1) is 17.7. The minimum Gasteiger partial charge on any atom is -0.480 e. The van der Waals surface area contributed by atoms with Gasteiger partial charge in [-0.1, -0.05) is 0 Å². The predicted octanol–water partition coefficient (Wildman–Crippen LogP) is -0.259. The maximum absolute atomic E-state index is 11.7. The molecule has 122 valence electrons. The normalized spacial score (nSPS) is 23.0. The van der Waals surface area contributed by atoms with Crippen LogP contribution in [0.3, 0.4) is 0 Å². The maximum Gasteiger partial charge on any atom is 0.326 e. The fraction of sp³-hybridized carbons (Fsp3) is 0.833. The lowest BCUT2D eigenvalue weighted by atomic mass is 9.89. The summed E-state index contributed by atoms with van der Waals surface area (Å²) < 4.78 is 27.4. The van der Waals surface area contributed by atoms with Crippen LogP contribution in [0.15, 0.2) is 0 Å². The van der Waals surface area contributed by atoms with E-state index in [-0.39, 0.29) is 24.3 Å². The number of ether oxygens (including phenoxy) is 1. The van der Waals surface area contributed by atoms with Gasteiger partial charge in [-0.25, -0.2) is 18.0 Å². The fourth-order valence-corrected chi connectivity index (χ4v) is 2.69. The summed E-state index contributed by atoms with van der Waals surface area (Å²) in [5.74, 6) is -1.55. The molecule has 1 unspecified atom stereocenters. The summed E-state index contributed by atoms with van der Waals surface area (Å²) in [6.45, 7) is 2.52. The lowest BCUT2D eigenvalue weighted by molar-refractivity contribution is -0.139. The first-order valence-electron chi connectivity index (χ1n) is 6.80. The van der Waals surface area contributed by atoms with E-state index in [1.54, 1.807) is 0 Å². The molecule has 3 N–H and O–H groups in total. The van der Waals surface area contributed by atoms with Gasteiger partial charge in [0.05, 0.1) is 11.9 Å². The van der Waals surface area contributed by atoms with Gasteiger partial charge in [0.2, 0.25) is 0 Å². The van der Waals surface area contributed by atoms with E-state index < -0.39 is 27.9 Å². The zero-order chi connectivity index (χ0) is 16.0. The van der Waals surface area contributed by atoms with E-state index in [2.05, 4.69) is 10.6 Å². The van der Waals surface area contributed by atoms with Crippen LogP contribution >= 0.6 is 0 Å². The van der Waals surface area contributed by atoms with Crippen molar-refractivity contribution in [2.24, 2.45) is 0 Å². The number of hydrogen-bond donors (Lipinski definition) is 3. The highest BCUT2D eigenvalue weighted by Gasteiger charge is 2.31. The third-order valence-corrected chi connectivity index (χ3v) is 4.19. The number of carboxylic acids is 1. The molecule has 1 aliphatic carbocycles. The SMILES string of the molecule is CCOC1CC(NC(=O)NC(CCS(C)(=O)=O)C(=O)O)C1. The summed E-state index contributed by atoms with van der Waals surface area (Å²) in [5.41, 5.74) is 0. The van der Waals surface area contributed by atoms with Crippen LogP contribution in [0.1, 0.15) is 26.2 Å². The largest absolute Gasteiger partial charge is 0.480 e. The lowest BCUT2D eigenvalue weighted by Crippen LogP contribution is -2.54. The van der Waals surface area contributed by atoms with Crippen LogP contribution in [-0.2, 0) is 19.4 Å². The molecule has 1 saturated carbocycles. The molecule has 0 spiro atoms. The Labute approximate surface area is 124 Å². The van der Waals surface area contributed by atoms with Gasteiger partial charge in [0.15, 0.2) is 0 Å². The summed E-state index contributed by atoms with van der Waals surface area (Å²) in [6.07, 6.45) is 2.40. The molecule has 1 atom stereocenters. The van der Waals surface area contributed by atoms with Crippen molar-refractivity contribution in [1.29, 1.82) is 0 Å². The van der Waals surface area contributed by atoms with Crippen LogP contribution in [0.25, 0.3) is 0 Å². The minimum atomic E-state index is -3.27. The molecular weight excluding hydrogens is 300 g/mol. The number of hydrogen-bond acceptors (Lipinski definition) is 5. The second-order valence-corrected chi connectivity index (χ2v) is 7.43. The Kier molecular flexibility index (Phi) is 6.41. The molecule has 0 aliphatic heterocycles. The Hall–Kier alpha value is -1.35. The van der Waals surface area contributed by atoms with Gasteiger partial charge in [0, 0.05) is 18.9 Å². The number of urea groups is 1. The monoisotopic (exact) mass is 322 g/mol. The van der Waals surface area contributed by atoms with E-state index in [0.29, 0.717) is 19.4 Å². The Morgan fingerprint density at radius 2 is 2.00 bits per heavy atom. The van der Waals surface area contributed by atoms with Gasteiger partial charge in [0.1, 0.15) is 15.9 Å². The average molecular weight is 322 g/mol. The number of sulfone groups is 1. The molecule has 0 aromatic rings. The molecule has 0 heterocycles. The Morgan fingerprint density at radius 3 is 2.48 bits per heavy atom. The molecule has 1 aliphatic rings. The summed E-state index contributed by atoms with van der Waals surface area (Å²) in [4.78, 5) is 22.7. The maximum atomic E-state index is 11.7. The van der Waals surface area contributed by atoms with E-state index in [0.717, 1.165) is 6.26 Å². The number of carboxylic acid groups (broad SMARTS) is 1. The van der Waals surface area contributed by atoms with Crippen LogP contribution in [0.5, 0.6) is 0 Å². The van der Waals surface area contributed by atoms with Gasteiger partial charge in [-0.3, -0.25) is 0 Å². The first-order valence-corrected chi connectivity index (χ1v) is 8.86. The second kappa shape index (κ2) is 7.60. The second-order valence-electron chi connectivity index (χ2n) is 5.17. The lowest BCUT2D eigenvalue weighted by Gasteiger charge is -2.35. The zero-order valence-electron chi connectivity index (χ0n) is 12.2. The van der Waals surface area contributed by atoms with E-state index in [9.17, 15) is 18.0 Å². The van der Waals surface area contributed by atoms with Crippen molar-refractivity contribution >= 4 is 21.8 Å². The molecule has 1 rings (SSSR count). The van der Waals surface area contributed by atoms with Gasteiger partial charge in [0.25, 0.3) is 0 Å². The Balaban J connectivity index is 2.35. The highest BCUT2D eigenvalue weighted by Crippen LogP contribution is 2.22. The highest BCUT2D eigenvalue weighted by molar-refractivity contribution is 7.90.